The van der Waals surface area contributed by atoms with E-state index < -0.39 is 10.0 Å². The number of hydrogen-bond acceptors (Lipinski definition) is 4. The number of anilines is 2. The molecule has 20 heavy (non-hydrogen) atoms. The molecule has 0 saturated heterocycles. The van der Waals surface area contributed by atoms with Gasteiger partial charge in [-0.2, -0.15) is 5.10 Å². The van der Waals surface area contributed by atoms with Gasteiger partial charge in [0.1, 0.15) is 0 Å². The third-order valence-corrected chi connectivity index (χ3v) is 4.88. The molecule has 0 aliphatic carbocycles. The van der Waals surface area contributed by atoms with Gasteiger partial charge in [-0.25, -0.2) is 8.42 Å². The summed E-state index contributed by atoms with van der Waals surface area (Å²) in [6, 6.07) is 2.86. The van der Waals surface area contributed by atoms with Crippen molar-refractivity contribution < 1.29 is 8.42 Å². The van der Waals surface area contributed by atoms with Crippen LogP contribution >= 0.6 is 11.6 Å². The minimum Gasteiger partial charge on any atom is -0.397 e. The first-order valence-electron chi connectivity index (χ1n) is 5.82. The second kappa shape index (κ2) is 4.99. The van der Waals surface area contributed by atoms with Crippen molar-refractivity contribution in [3.05, 3.63) is 34.0 Å². The van der Waals surface area contributed by atoms with Crippen molar-refractivity contribution in [1.29, 1.82) is 0 Å². The van der Waals surface area contributed by atoms with Crippen LogP contribution in [0.25, 0.3) is 0 Å². The second-order valence-corrected chi connectivity index (χ2v) is 6.62. The molecule has 0 unspecified atom stereocenters. The van der Waals surface area contributed by atoms with Gasteiger partial charge in [-0.05, 0) is 38.5 Å². The first kappa shape index (κ1) is 14.7. The van der Waals surface area contributed by atoms with E-state index in [4.69, 9.17) is 17.3 Å². The van der Waals surface area contributed by atoms with E-state index in [1.165, 1.54) is 12.1 Å². The molecule has 8 heteroatoms. The molecule has 0 spiro atoms. The number of nitrogens with one attached hydrogen (secondary N) is 2. The number of aromatic amines is 1. The monoisotopic (exact) mass is 314 g/mol. The highest BCUT2D eigenvalue weighted by molar-refractivity contribution is 7.92. The largest absolute Gasteiger partial charge is 0.397 e. The number of sulfonamides is 1. The number of nitrogen functional groups attached to an aromatic ring is 1. The summed E-state index contributed by atoms with van der Waals surface area (Å²) in [5.41, 5.74) is 7.94. The minimum absolute atomic E-state index is 0.0828. The molecule has 0 aliphatic heterocycles. The molecular formula is C12H15ClN4O2S. The fourth-order valence-corrected chi connectivity index (χ4v) is 3.27. The molecule has 1 aromatic heterocycles. The third-order valence-electron chi connectivity index (χ3n) is 3.07. The maximum atomic E-state index is 12.4. The van der Waals surface area contributed by atoms with Crippen LogP contribution < -0.4 is 10.5 Å². The maximum absolute atomic E-state index is 12.4. The van der Waals surface area contributed by atoms with E-state index in [2.05, 4.69) is 14.9 Å². The van der Waals surface area contributed by atoms with Crippen LogP contribution in [-0.2, 0) is 10.0 Å². The second-order valence-electron chi connectivity index (χ2n) is 4.57. The van der Waals surface area contributed by atoms with Gasteiger partial charge in [0.25, 0.3) is 10.0 Å². The average Bonchev–Trinajstić information content (AvgIpc) is 2.65. The Balaban J connectivity index is 2.46. The standard InChI is InChI=1S/C12H15ClN4O2S/c1-6-4-9(13)10(14)5-11(6)20(18,19)17-12-7(2)8(3)15-16-12/h4-5H,14H2,1-3H3,(H2,15,16,17). The maximum Gasteiger partial charge on any atom is 0.263 e. The zero-order valence-electron chi connectivity index (χ0n) is 11.3. The molecule has 2 rings (SSSR count). The number of hydrogen-bond donors (Lipinski definition) is 3. The Morgan fingerprint density at radius 3 is 2.50 bits per heavy atom. The number of rotatable bonds is 3. The van der Waals surface area contributed by atoms with Crippen molar-refractivity contribution in [1.82, 2.24) is 10.2 Å². The number of aryl methyl sites for hydroxylation is 2. The molecule has 4 N–H and O–H groups in total. The van der Waals surface area contributed by atoms with Crippen LogP contribution in [0, 0.1) is 20.8 Å². The lowest BCUT2D eigenvalue weighted by Crippen LogP contribution is -2.15. The van der Waals surface area contributed by atoms with Crippen LogP contribution in [0.3, 0.4) is 0 Å². The van der Waals surface area contributed by atoms with Crippen LogP contribution in [0.4, 0.5) is 11.5 Å². The molecule has 0 bridgehead atoms. The molecule has 0 aliphatic rings. The normalized spacial score (nSPS) is 11.6. The Morgan fingerprint density at radius 2 is 1.95 bits per heavy atom. The van der Waals surface area contributed by atoms with Gasteiger partial charge in [0.15, 0.2) is 5.82 Å². The first-order chi connectivity index (χ1) is 9.22. The lowest BCUT2D eigenvalue weighted by molar-refractivity contribution is 0.600. The lowest BCUT2D eigenvalue weighted by atomic mass is 10.2. The van der Waals surface area contributed by atoms with Gasteiger partial charge in [0.05, 0.1) is 15.6 Å². The number of benzene rings is 1. The Morgan fingerprint density at radius 1 is 1.30 bits per heavy atom. The molecule has 0 saturated carbocycles. The summed E-state index contributed by atoms with van der Waals surface area (Å²) >= 11 is 5.87. The summed E-state index contributed by atoms with van der Waals surface area (Å²) in [5.74, 6) is 0.274. The van der Waals surface area contributed by atoms with Crippen LogP contribution in [0.2, 0.25) is 5.02 Å². The van der Waals surface area contributed by atoms with E-state index in [1.54, 1.807) is 13.8 Å². The predicted molar refractivity (Wildman–Crippen MR) is 79.5 cm³/mol. The lowest BCUT2D eigenvalue weighted by Gasteiger charge is -2.11. The van der Waals surface area contributed by atoms with Crippen molar-refractivity contribution in [3.63, 3.8) is 0 Å². The summed E-state index contributed by atoms with van der Waals surface area (Å²) in [5, 5.41) is 6.97. The Kier molecular flexibility index (Phi) is 3.66. The molecule has 0 amide bonds. The minimum atomic E-state index is -3.76. The topological polar surface area (TPSA) is 101 Å². The third kappa shape index (κ3) is 2.59. The van der Waals surface area contributed by atoms with Crippen LogP contribution in [-0.4, -0.2) is 18.6 Å². The summed E-state index contributed by atoms with van der Waals surface area (Å²) < 4.78 is 27.2. The highest BCUT2D eigenvalue weighted by Crippen LogP contribution is 2.28. The van der Waals surface area contributed by atoms with Crippen molar-refractivity contribution >= 4 is 33.1 Å². The van der Waals surface area contributed by atoms with E-state index >= 15 is 0 Å². The number of H-pyrrole nitrogens is 1. The van der Waals surface area contributed by atoms with E-state index in [0.717, 1.165) is 11.3 Å². The van der Waals surface area contributed by atoms with Gasteiger partial charge >= 0.3 is 0 Å². The van der Waals surface area contributed by atoms with Crippen LogP contribution in [0.1, 0.15) is 16.8 Å². The smallest absolute Gasteiger partial charge is 0.263 e. The fourth-order valence-electron chi connectivity index (χ4n) is 1.72. The Labute approximate surface area is 122 Å². The number of nitrogens with two attached hydrogens (primary N) is 1. The Bertz CT molecular complexity index is 768. The van der Waals surface area contributed by atoms with Crippen molar-refractivity contribution in [2.75, 3.05) is 10.5 Å². The molecule has 1 aromatic carbocycles. The van der Waals surface area contributed by atoms with E-state index in [1.807, 2.05) is 6.92 Å². The van der Waals surface area contributed by atoms with Gasteiger partial charge < -0.3 is 5.73 Å². The predicted octanol–water partition coefficient (Wildman–Crippen LogP) is 2.37. The Hall–Kier alpha value is -1.73. The number of nitrogens with zero attached hydrogens (tertiary/aromatic N) is 1. The summed E-state index contributed by atoms with van der Waals surface area (Å²) in [4.78, 5) is 0.0828. The van der Waals surface area contributed by atoms with Gasteiger partial charge in [0, 0.05) is 11.3 Å². The molecule has 108 valence electrons. The van der Waals surface area contributed by atoms with E-state index in [9.17, 15) is 8.42 Å². The SMILES string of the molecule is Cc1cc(Cl)c(N)cc1S(=O)(=O)Nc1n[nH]c(C)c1C. The quantitative estimate of drug-likeness (QED) is 0.757. The fraction of sp³-hybridized carbons (Fsp3) is 0.250. The summed E-state index contributed by atoms with van der Waals surface area (Å²) in [6.45, 7) is 5.24. The highest BCUT2D eigenvalue weighted by Gasteiger charge is 2.21. The van der Waals surface area contributed by atoms with E-state index in [0.29, 0.717) is 10.6 Å². The first-order valence-corrected chi connectivity index (χ1v) is 7.68. The van der Waals surface area contributed by atoms with Crippen molar-refractivity contribution in [3.8, 4) is 0 Å². The van der Waals surface area contributed by atoms with Gasteiger partial charge in [-0.3, -0.25) is 9.82 Å². The van der Waals surface area contributed by atoms with E-state index in [-0.39, 0.29) is 16.4 Å². The summed E-state index contributed by atoms with van der Waals surface area (Å²) in [6.07, 6.45) is 0. The number of aromatic nitrogens is 2. The van der Waals surface area contributed by atoms with Gasteiger partial charge in [-0.1, -0.05) is 11.6 Å². The number of halogens is 1. The zero-order chi connectivity index (χ0) is 15.1. The molecule has 0 radical (unpaired) electrons. The van der Waals surface area contributed by atoms with Crippen LogP contribution in [0.5, 0.6) is 0 Å². The molecule has 1 heterocycles. The van der Waals surface area contributed by atoms with Gasteiger partial charge in [-0.15, -0.1) is 0 Å². The molecule has 0 atom stereocenters. The van der Waals surface area contributed by atoms with Crippen molar-refractivity contribution in [2.24, 2.45) is 0 Å². The average molecular weight is 315 g/mol. The van der Waals surface area contributed by atoms with Crippen LogP contribution in [0.15, 0.2) is 17.0 Å². The van der Waals surface area contributed by atoms with Crippen molar-refractivity contribution in [2.45, 2.75) is 25.7 Å². The molecule has 2 aromatic rings. The molecular weight excluding hydrogens is 300 g/mol. The zero-order valence-corrected chi connectivity index (χ0v) is 12.9. The molecule has 0 fully saturated rings. The summed E-state index contributed by atoms with van der Waals surface area (Å²) in [7, 11) is -3.76. The molecule has 6 nitrogen and oxygen atoms in total. The highest BCUT2D eigenvalue weighted by atomic mass is 35.5. The van der Waals surface area contributed by atoms with Gasteiger partial charge in [0.2, 0.25) is 0 Å².